The number of amides is 4. The van der Waals surface area contributed by atoms with Gasteiger partial charge in [0.25, 0.3) is 0 Å². The van der Waals surface area contributed by atoms with Gasteiger partial charge >= 0.3 is 6.03 Å². The highest BCUT2D eigenvalue weighted by Gasteiger charge is 2.31. The Morgan fingerprint density at radius 3 is 2.58 bits per heavy atom. The number of nitrogens with two attached hydrogens (primary N) is 1. The van der Waals surface area contributed by atoms with E-state index in [2.05, 4.69) is 10.6 Å². The van der Waals surface area contributed by atoms with E-state index in [4.69, 9.17) is 5.73 Å². The Morgan fingerprint density at radius 1 is 1.26 bits per heavy atom. The summed E-state index contributed by atoms with van der Waals surface area (Å²) >= 11 is 0. The molecular weight excluding hydrogens is 248 g/mol. The van der Waals surface area contributed by atoms with Crippen molar-refractivity contribution in [1.82, 2.24) is 15.5 Å². The monoisotopic (exact) mass is 268 g/mol. The molecule has 7 heteroatoms. The van der Waals surface area contributed by atoms with Crippen LogP contribution in [0.4, 0.5) is 4.79 Å². The first-order chi connectivity index (χ1) is 9.10. The van der Waals surface area contributed by atoms with Crippen LogP contribution >= 0.6 is 0 Å². The molecule has 0 aliphatic carbocycles. The molecule has 19 heavy (non-hydrogen) atoms. The van der Waals surface area contributed by atoms with Crippen molar-refractivity contribution in [2.24, 2.45) is 11.7 Å². The van der Waals surface area contributed by atoms with Gasteiger partial charge in [-0.3, -0.25) is 14.9 Å². The molecule has 0 radical (unpaired) electrons. The van der Waals surface area contributed by atoms with Crippen LogP contribution in [-0.2, 0) is 9.59 Å². The number of piperidine rings is 1. The van der Waals surface area contributed by atoms with Gasteiger partial charge in [-0.05, 0) is 31.7 Å². The van der Waals surface area contributed by atoms with E-state index in [9.17, 15) is 14.4 Å². The largest absolute Gasteiger partial charge is 0.341 e. The van der Waals surface area contributed by atoms with Gasteiger partial charge in [-0.15, -0.1) is 0 Å². The Morgan fingerprint density at radius 2 is 1.95 bits per heavy atom. The van der Waals surface area contributed by atoms with Gasteiger partial charge < -0.3 is 16.0 Å². The van der Waals surface area contributed by atoms with E-state index in [-0.39, 0.29) is 18.2 Å². The highest BCUT2D eigenvalue weighted by molar-refractivity contribution is 5.98. The molecule has 0 bridgehead atoms. The standard InChI is InChI=1S/C12H20N4O3/c13-7-8-3-5-16(6-4-8)11(18)9-1-2-10(17)15-12(19)14-9/h8-9H,1-7,13H2,(H2,14,15,17,19)/t9-/m0/s1. The van der Waals surface area contributed by atoms with Crippen LogP contribution in [0.3, 0.4) is 0 Å². The van der Waals surface area contributed by atoms with Gasteiger partial charge in [0.1, 0.15) is 6.04 Å². The van der Waals surface area contributed by atoms with Crippen LogP contribution in [0.25, 0.3) is 0 Å². The lowest BCUT2D eigenvalue weighted by Gasteiger charge is -2.33. The van der Waals surface area contributed by atoms with Crippen LogP contribution in [0.1, 0.15) is 25.7 Å². The Hall–Kier alpha value is -1.63. The topological polar surface area (TPSA) is 105 Å². The molecule has 4 N–H and O–H groups in total. The van der Waals surface area contributed by atoms with E-state index < -0.39 is 12.1 Å². The Balaban J connectivity index is 1.92. The molecule has 7 nitrogen and oxygen atoms in total. The molecule has 2 heterocycles. The number of hydrogen-bond donors (Lipinski definition) is 3. The van der Waals surface area contributed by atoms with Crippen LogP contribution in [-0.4, -0.2) is 48.4 Å². The number of likely N-dealkylation sites (tertiary alicyclic amines) is 1. The predicted molar refractivity (Wildman–Crippen MR) is 68.1 cm³/mol. The Labute approximate surface area is 111 Å². The molecule has 0 aromatic carbocycles. The van der Waals surface area contributed by atoms with E-state index in [0.717, 1.165) is 12.8 Å². The van der Waals surface area contributed by atoms with E-state index in [1.807, 2.05) is 0 Å². The highest BCUT2D eigenvalue weighted by atomic mass is 16.2. The van der Waals surface area contributed by atoms with E-state index in [1.165, 1.54) is 0 Å². The third kappa shape index (κ3) is 3.44. The lowest BCUT2D eigenvalue weighted by Crippen LogP contribution is -2.51. The fraction of sp³-hybridized carbons (Fsp3) is 0.750. The minimum absolute atomic E-state index is 0.0969. The average Bonchev–Trinajstić information content (AvgIpc) is 2.59. The summed E-state index contributed by atoms with van der Waals surface area (Å²) in [5, 5.41) is 4.71. The van der Waals surface area contributed by atoms with Gasteiger partial charge in [0.2, 0.25) is 11.8 Å². The SMILES string of the molecule is NCC1CCN(C(=O)[C@@H]2CCC(=O)NC(=O)N2)CC1. The second kappa shape index (κ2) is 6.01. The number of imide groups is 1. The van der Waals surface area contributed by atoms with Crippen molar-refractivity contribution >= 4 is 17.8 Å². The van der Waals surface area contributed by atoms with Gasteiger partial charge in [0.15, 0.2) is 0 Å². The summed E-state index contributed by atoms with van der Waals surface area (Å²) in [6.07, 6.45) is 2.35. The van der Waals surface area contributed by atoms with Crippen molar-refractivity contribution in [2.75, 3.05) is 19.6 Å². The average molecular weight is 268 g/mol. The second-order valence-electron chi connectivity index (χ2n) is 5.12. The van der Waals surface area contributed by atoms with Crippen molar-refractivity contribution in [1.29, 1.82) is 0 Å². The van der Waals surface area contributed by atoms with Crippen molar-refractivity contribution in [3.63, 3.8) is 0 Å². The molecule has 0 spiro atoms. The first-order valence-electron chi connectivity index (χ1n) is 6.69. The molecule has 2 fully saturated rings. The number of rotatable bonds is 2. The van der Waals surface area contributed by atoms with Gasteiger partial charge in [-0.1, -0.05) is 0 Å². The summed E-state index contributed by atoms with van der Waals surface area (Å²) in [7, 11) is 0. The highest BCUT2D eigenvalue weighted by Crippen LogP contribution is 2.17. The lowest BCUT2D eigenvalue weighted by atomic mass is 9.96. The summed E-state index contributed by atoms with van der Waals surface area (Å²) in [5.41, 5.74) is 5.62. The maximum Gasteiger partial charge on any atom is 0.322 e. The molecule has 2 rings (SSSR count). The van der Waals surface area contributed by atoms with E-state index in [0.29, 0.717) is 32.0 Å². The van der Waals surface area contributed by atoms with Gasteiger partial charge in [0, 0.05) is 19.5 Å². The molecule has 106 valence electrons. The fourth-order valence-corrected chi connectivity index (χ4v) is 2.53. The van der Waals surface area contributed by atoms with E-state index in [1.54, 1.807) is 4.90 Å². The summed E-state index contributed by atoms with van der Waals surface area (Å²) in [5.74, 6) is 0.0472. The second-order valence-corrected chi connectivity index (χ2v) is 5.12. The maximum absolute atomic E-state index is 12.3. The molecule has 1 atom stereocenters. The summed E-state index contributed by atoms with van der Waals surface area (Å²) in [6.45, 7) is 2.00. The zero-order chi connectivity index (χ0) is 13.8. The zero-order valence-electron chi connectivity index (χ0n) is 10.9. The van der Waals surface area contributed by atoms with Crippen molar-refractivity contribution in [3.05, 3.63) is 0 Å². The van der Waals surface area contributed by atoms with Gasteiger partial charge in [0.05, 0.1) is 0 Å². The summed E-state index contributed by atoms with van der Waals surface area (Å²) < 4.78 is 0. The number of urea groups is 1. The third-order valence-corrected chi connectivity index (χ3v) is 3.78. The molecule has 2 saturated heterocycles. The van der Waals surface area contributed by atoms with Crippen LogP contribution in [0.2, 0.25) is 0 Å². The van der Waals surface area contributed by atoms with Crippen molar-refractivity contribution in [2.45, 2.75) is 31.7 Å². The molecule has 0 unspecified atom stereocenters. The zero-order valence-corrected chi connectivity index (χ0v) is 10.9. The van der Waals surface area contributed by atoms with Gasteiger partial charge in [-0.2, -0.15) is 0 Å². The Bertz CT molecular complexity index is 377. The molecule has 2 aliphatic rings. The fourth-order valence-electron chi connectivity index (χ4n) is 2.53. The third-order valence-electron chi connectivity index (χ3n) is 3.78. The van der Waals surface area contributed by atoms with Gasteiger partial charge in [-0.25, -0.2) is 4.79 Å². The number of nitrogens with zero attached hydrogens (tertiary/aromatic N) is 1. The molecular formula is C12H20N4O3. The molecule has 0 aromatic heterocycles. The lowest BCUT2D eigenvalue weighted by molar-refractivity contribution is -0.134. The quantitative estimate of drug-likeness (QED) is 0.608. The van der Waals surface area contributed by atoms with Crippen LogP contribution in [0, 0.1) is 5.92 Å². The maximum atomic E-state index is 12.3. The Kier molecular flexibility index (Phi) is 4.36. The first-order valence-corrected chi connectivity index (χ1v) is 6.69. The summed E-state index contributed by atoms with van der Waals surface area (Å²) in [6, 6.07) is -1.18. The van der Waals surface area contributed by atoms with Crippen molar-refractivity contribution in [3.8, 4) is 0 Å². The first kappa shape index (κ1) is 13.8. The van der Waals surface area contributed by atoms with Crippen molar-refractivity contribution < 1.29 is 14.4 Å². The van der Waals surface area contributed by atoms with Crippen LogP contribution in [0.15, 0.2) is 0 Å². The minimum atomic E-state index is -0.596. The molecule has 2 aliphatic heterocycles. The number of carbonyl (C=O) groups is 3. The van der Waals surface area contributed by atoms with Crippen LogP contribution < -0.4 is 16.4 Å². The number of hydrogen-bond acceptors (Lipinski definition) is 4. The number of carbonyl (C=O) groups excluding carboxylic acids is 3. The molecule has 0 aromatic rings. The smallest absolute Gasteiger partial charge is 0.322 e. The normalized spacial score (nSPS) is 25.5. The molecule has 4 amide bonds. The number of nitrogens with one attached hydrogen (secondary N) is 2. The summed E-state index contributed by atoms with van der Waals surface area (Å²) in [4.78, 5) is 36.6. The predicted octanol–water partition coefficient (Wildman–Crippen LogP) is -0.828. The minimum Gasteiger partial charge on any atom is -0.341 e. The van der Waals surface area contributed by atoms with E-state index >= 15 is 0 Å². The van der Waals surface area contributed by atoms with Crippen LogP contribution in [0.5, 0.6) is 0 Å². The molecule has 0 saturated carbocycles.